The molecule has 0 saturated heterocycles. The van der Waals surface area contributed by atoms with Crippen molar-refractivity contribution in [3.8, 4) is 0 Å². The molecule has 0 atom stereocenters. The molecule has 1 aliphatic carbocycles. The lowest BCUT2D eigenvalue weighted by molar-refractivity contribution is 0.982. The standard InChI is InChI=1S/C24H22N2/c1-3-7-21(8-4-1)25-23-15-11-19(12-16-23)20-13-17-24(18-14-20)26-22-9-5-2-6-10-22/h1-13,15-17,25-26H,14,18H2. The topological polar surface area (TPSA) is 24.1 Å². The van der Waals surface area contributed by atoms with E-state index in [1.165, 1.54) is 16.8 Å². The molecule has 0 heterocycles. The Hall–Kier alpha value is -3.26. The molecular formula is C24H22N2. The van der Waals surface area contributed by atoms with Gasteiger partial charge in [0.2, 0.25) is 0 Å². The van der Waals surface area contributed by atoms with Crippen LogP contribution in [0, 0.1) is 0 Å². The molecule has 4 rings (SSSR count). The van der Waals surface area contributed by atoms with Crippen molar-refractivity contribution < 1.29 is 0 Å². The van der Waals surface area contributed by atoms with Gasteiger partial charge in [-0.1, -0.05) is 54.6 Å². The van der Waals surface area contributed by atoms with Crippen molar-refractivity contribution in [1.29, 1.82) is 0 Å². The fraction of sp³-hybridized carbons (Fsp3) is 0.0833. The van der Waals surface area contributed by atoms with Crippen LogP contribution in [0.15, 0.2) is 103 Å². The molecule has 0 amide bonds. The van der Waals surface area contributed by atoms with Crippen LogP contribution < -0.4 is 10.6 Å². The SMILES string of the molecule is C1=C(Nc2ccccc2)CCC(c2ccc(Nc3ccccc3)cc2)=C1. The summed E-state index contributed by atoms with van der Waals surface area (Å²) in [6.07, 6.45) is 6.51. The maximum absolute atomic E-state index is 3.50. The number of hydrogen-bond donors (Lipinski definition) is 2. The van der Waals surface area contributed by atoms with E-state index in [0.29, 0.717) is 0 Å². The van der Waals surface area contributed by atoms with Crippen LogP contribution in [-0.2, 0) is 0 Å². The van der Waals surface area contributed by atoms with Crippen LogP contribution in [0.2, 0.25) is 0 Å². The molecule has 3 aromatic rings. The Morgan fingerprint density at radius 1 is 0.500 bits per heavy atom. The van der Waals surface area contributed by atoms with Gasteiger partial charge in [-0.3, -0.25) is 0 Å². The van der Waals surface area contributed by atoms with Gasteiger partial charge in [0, 0.05) is 22.8 Å². The number of anilines is 3. The van der Waals surface area contributed by atoms with Gasteiger partial charge < -0.3 is 10.6 Å². The quantitative estimate of drug-likeness (QED) is 0.547. The van der Waals surface area contributed by atoms with Crippen molar-refractivity contribution in [2.45, 2.75) is 12.8 Å². The Kier molecular flexibility index (Phi) is 4.83. The molecule has 2 N–H and O–H groups in total. The number of allylic oxidation sites excluding steroid dienone is 4. The predicted molar refractivity (Wildman–Crippen MR) is 112 cm³/mol. The van der Waals surface area contributed by atoms with E-state index in [-0.39, 0.29) is 0 Å². The second-order valence-corrected chi connectivity index (χ2v) is 6.44. The van der Waals surface area contributed by atoms with Crippen LogP contribution in [0.4, 0.5) is 17.1 Å². The lowest BCUT2D eigenvalue weighted by atomic mass is 9.95. The lowest BCUT2D eigenvalue weighted by Crippen LogP contribution is -2.03. The highest BCUT2D eigenvalue weighted by molar-refractivity contribution is 5.71. The predicted octanol–water partition coefficient (Wildman–Crippen LogP) is 6.60. The van der Waals surface area contributed by atoms with E-state index >= 15 is 0 Å². The maximum Gasteiger partial charge on any atom is 0.0384 e. The molecule has 0 spiro atoms. The van der Waals surface area contributed by atoms with Gasteiger partial charge >= 0.3 is 0 Å². The Balaban J connectivity index is 1.43. The highest BCUT2D eigenvalue weighted by atomic mass is 14.9. The van der Waals surface area contributed by atoms with Crippen LogP contribution >= 0.6 is 0 Å². The summed E-state index contributed by atoms with van der Waals surface area (Å²) in [6, 6.07) is 29.3. The zero-order chi connectivity index (χ0) is 17.6. The molecule has 0 unspecified atom stereocenters. The summed E-state index contributed by atoms with van der Waals surface area (Å²) >= 11 is 0. The van der Waals surface area contributed by atoms with E-state index in [0.717, 1.165) is 29.9 Å². The summed E-state index contributed by atoms with van der Waals surface area (Å²) < 4.78 is 0. The zero-order valence-corrected chi connectivity index (χ0v) is 14.7. The average molecular weight is 338 g/mol. The van der Waals surface area contributed by atoms with Gasteiger partial charge in [0.1, 0.15) is 0 Å². The molecule has 0 aliphatic heterocycles. The molecule has 1 aliphatic rings. The van der Waals surface area contributed by atoms with E-state index in [9.17, 15) is 0 Å². The molecule has 2 heteroatoms. The van der Waals surface area contributed by atoms with E-state index in [2.05, 4.69) is 83.4 Å². The van der Waals surface area contributed by atoms with Gasteiger partial charge in [-0.25, -0.2) is 0 Å². The van der Waals surface area contributed by atoms with Crippen LogP contribution in [0.5, 0.6) is 0 Å². The summed E-state index contributed by atoms with van der Waals surface area (Å²) in [5.41, 5.74) is 7.30. The number of benzene rings is 3. The lowest BCUT2D eigenvalue weighted by Gasteiger charge is -2.17. The maximum atomic E-state index is 3.50. The third-order valence-corrected chi connectivity index (χ3v) is 4.55. The smallest absolute Gasteiger partial charge is 0.0384 e. The molecule has 0 fully saturated rings. The van der Waals surface area contributed by atoms with Crippen molar-refractivity contribution in [2.24, 2.45) is 0 Å². The summed E-state index contributed by atoms with van der Waals surface area (Å²) in [7, 11) is 0. The molecule has 0 bridgehead atoms. The second-order valence-electron chi connectivity index (χ2n) is 6.44. The first-order chi connectivity index (χ1) is 12.9. The number of hydrogen-bond acceptors (Lipinski definition) is 2. The van der Waals surface area contributed by atoms with Crippen molar-refractivity contribution in [3.63, 3.8) is 0 Å². The summed E-state index contributed by atoms with van der Waals surface area (Å²) in [4.78, 5) is 0. The summed E-state index contributed by atoms with van der Waals surface area (Å²) in [5.74, 6) is 0. The molecule has 0 saturated carbocycles. The van der Waals surface area contributed by atoms with Gasteiger partial charge in [-0.05, 0) is 66.5 Å². The van der Waals surface area contributed by atoms with Crippen molar-refractivity contribution in [1.82, 2.24) is 0 Å². The third kappa shape index (κ3) is 4.04. The molecule has 128 valence electrons. The van der Waals surface area contributed by atoms with Crippen LogP contribution in [-0.4, -0.2) is 0 Å². The molecule has 0 radical (unpaired) electrons. The van der Waals surface area contributed by atoms with E-state index < -0.39 is 0 Å². The van der Waals surface area contributed by atoms with Gasteiger partial charge in [0.15, 0.2) is 0 Å². The highest BCUT2D eigenvalue weighted by Gasteiger charge is 2.08. The average Bonchev–Trinajstić information content (AvgIpc) is 2.71. The van der Waals surface area contributed by atoms with Gasteiger partial charge in [-0.15, -0.1) is 0 Å². The fourth-order valence-electron chi connectivity index (χ4n) is 3.14. The Labute approximate surface area is 154 Å². The van der Waals surface area contributed by atoms with Crippen molar-refractivity contribution in [2.75, 3.05) is 10.6 Å². The minimum atomic E-state index is 1.03. The Bertz CT molecular complexity index is 907. The second kappa shape index (κ2) is 7.75. The zero-order valence-electron chi connectivity index (χ0n) is 14.7. The van der Waals surface area contributed by atoms with Crippen molar-refractivity contribution >= 4 is 22.6 Å². The van der Waals surface area contributed by atoms with Gasteiger partial charge in [0.05, 0.1) is 0 Å². The van der Waals surface area contributed by atoms with E-state index in [1.807, 2.05) is 24.3 Å². The molecule has 0 aromatic heterocycles. The first kappa shape index (κ1) is 16.2. The van der Waals surface area contributed by atoms with E-state index in [1.54, 1.807) is 0 Å². The largest absolute Gasteiger partial charge is 0.359 e. The van der Waals surface area contributed by atoms with Gasteiger partial charge in [0.25, 0.3) is 0 Å². The molecule has 26 heavy (non-hydrogen) atoms. The van der Waals surface area contributed by atoms with Crippen LogP contribution in [0.1, 0.15) is 18.4 Å². The van der Waals surface area contributed by atoms with Gasteiger partial charge in [-0.2, -0.15) is 0 Å². The third-order valence-electron chi connectivity index (χ3n) is 4.55. The minimum absolute atomic E-state index is 1.03. The van der Waals surface area contributed by atoms with Crippen LogP contribution in [0.3, 0.4) is 0 Å². The fourth-order valence-corrected chi connectivity index (χ4v) is 3.14. The first-order valence-corrected chi connectivity index (χ1v) is 9.01. The Morgan fingerprint density at radius 2 is 1.08 bits per heavy atom. The normalized spacial score (nSPS) is 13.5. The highest BCUT2D eigenvalue weighted by Crippen LogP contribution is 2.28. The van der Waals surface area contributed by atoms with Crippen molar-refractivity contribution in [3.05, 3.63) is 108 Å². The molecular weight excluding hydrogens is 316 g/mol. The summed E-state index contributed by atoms with van der Waals surface area (Å²) in [6.45, 7) is 0. The van der Waals surface area contributed by atoms with Crippen LogP contribution in [0.25, 0.3) is 5.57 Å². The number of para-hydroxylation sites is 2. The summed E-state index contributed by atoms with van der Waals surface area (Å²) in [5, 5.41) is 6.92. The molecule has 2 nitrogen and oxygen atoms in total. The Morgan fingerprint density at radius 3 is 1.65 bits per heavy atom. The molecule has 3 aromatic carbocycles. The number of rotatable bonds is 5. The monoisotopic (exact) mass is 338 g/mol. The first-order valence-electron chi connectivity index (χ1n) is 9.01. The minimum Gasteiger partial charge on any atom is -0.359 e. The number of nitrogens with one attached hydrogen (secondary N) is 2. The van der Waals surface area contributed by atoms with E-state index in [4.69, 9.17) is 0 Å².